The molecule has 0 aliphatic heterocycles. The fourth-order valence-corrected chi connectivity index (χ4v) is 1.99. The highest BCUT2D eigenvalue weighted by molar-refractivity contribution is 5.55. The first-order chi connectivity index (χ1) is 8.79. The van der Waals surface area contributed by atoms with Crippen molar-refractivity contribution in [3.63, 3.8) is 0 Å². The Morgan fingerprint density at radius 1 is 1.22 bits per heavy atom. The van der Waals surface area contributed by atoms with Crippen molar-refractivity contribution < 1.29 is 0 Å². The van der Waals surface area contributed by atoms with E-state index in [1.165, 1.54) is 19.3 Å². The third-order valence-corrected chi connectivity index (χ3v) is 3.01. The molecule has 0 atom stereocenters. The molecule has 2 aromatic heterocycles. The maximum atomic E-state index is 5.47. The smallest absolute Gasteiger partial charge is 0.106 e. The Labute approximate surface area is 107 Å². The lowest BCUT2D eigenvalue weighted by molar-refractivity contribution is 0.638. The summed E-state index contributed by atoms with van der Waals surface area (Å²) in [5.41, 5.74) is 7.59. The predicted octanol–water partition coefficient (Wildman–Crippen LogP) is 1.87. The Hall–Kier alpha value is -1.62. The van der Waals surface area contributed by atoms with Gasteiger partial charge in [-0.3, -0.25) is 4.68 Å². The molecule has 0 aromatic carbocycles. The van der Waals surface area contributed by atoms with E-state index in [2.05, 4.69) is 15.1 Å². The molecule has 0 bridgehead atoms. The number of nitrogens with one attached hydrogen (secondary N) is 1. The van der Waals surface area contributed by atoms with Crippen molar-refractivity contribution in [2.75, 3.05) is 6.54 Å². The average molecular weight is 247 g/mol. The number of hydrogen-bond donors (Lipinski definition) is 2. The molecule has 0 unspecified atom stereocenters. The molecule has 0 amide bonds. The second-order valence-electron chi connectivity index (χ2n) is 4.60. The van der Waals surface area contributed by atoms with E-state index in [4.69, 9.17) is 5.73 Å². The first kappa shape index (κ1) is 12.8. The van der Waals surface area contributed by atoms with E-state index >= 15 is 0 Å². The van der Waals surface area contributed by atoms with Crippen molar-refractivity contribution >= 4 is 0 Å². The van der Waals surface area contributed by atoms with E-state index in [0.29, 0.717) is 0 Å². The van der Waals surface area contributed by atoms with Gasteiger partial charge in [-0.2, -0.15) is 5.10 Å². The molecule has 18 heavy (non-hydrogen) atoms. The van der Waals surface area contributed by atoms with Crippen LogP contribution in [-0.2, 0) is 13.5 Å². The maximum absolute atomic E-state index is 5.47. The van der Waals surface area contributed by atoms with Gasteiger partial charge < -0.3 is 10.7 Å². The Kier molecular flexibility index (Phi) is 4.52. The van der Waals surface area contributed by atoms with E-state index in [-0.39, 0.29) is 0 Å². The summed E-state index contributed by atoms with van der Waals surface area (Å²) in [4.78, 5) is 7.75. The third kappa shape index (κ3) is 3.43. The Bertz CT molecular complexity index is 471. The number of H-pyrrole nitrogens is 1. The monoisotopic (exact) mass is 247 g/mol. The number of unbranched alkanes of at least 4 members (excludes halogenated alkanes) is 3. The molecule has 5 nitrogen and oxygen atoms in total. The van der Waals surface area contributed by atoms with Gasteiger partial charge in [0, 0.05) is 25.2 Å². The van der Waals surface area contributed by atoms with Crippen molar-refractivity contribution in [1.82, 2.24) is 19.7 Å². The molecular weight excluding hydrogens is 226 g/mol. The number of aryl methyl sites for hydroxylation is 2. The molecule has 2 heterocycles. The largest absolute Gasteiger partial charge is 0.342 e. The van der Waals surface area contributed by atoms with Gasteiger partial charge >= 0.3 is 0 Å². The van der Waals surface area contributed by atoms with Crippen LogP contribution in [0.25, 0.3) is 11.3 Å². The lowest BCUT2D eigenvalue weighted by Gasteiger charge is -1.98. The number of aromatic nitrogens is 4. The van der Waals surface area contributed by atoms with Gasteiger partial charge in [-0.25, -0.2) is 4.98 Å². The van der Waals surface area contributed by atoms with Crippen LogP contribution >= 0.6 is 0 Å². The van der Waals surface area contributed by atoms with Crippen molar-refractivity contribution in [1.29, 1.82) is 0 Å². The number of imidazole rings is 1. The van der Waals surface area contributed by atoms with Gasteiger partial charge in [0.25, 0.3) is 0 Å². The molecule has 5 heteroatoms. The zero-order valence-electron chi connectivity index (χ0n) is 10.9. The summed E-state index contributed by atoms with van der Waals surface area (Å²) in [6.45, 7) is 0.798. The second kappa shape index (κ2) is 6.35. The van der Waals surface area contributed by atoms with Gasteiger partial charge in [0.15, 0.2) is 0 Å². The van der Waals surface area contributed by atoms with Gasteiger partial charge in [0.2, 0.25) is 0 Å². The van der Waals surface area contributed by atoms with E-state index in [1.807, 2.05) is 25.6 Å². The maximum Gasteiger partial charge on any atom is 0.106 e. The Balaban J connectivity index is 1.83. The summed E-state index contributed by atoms with van der Waals surface area (Å²) >= 11 is 0. The summed E-state index contributed by atoms with van der Waals surface area (Å²) < 4.78 is 1.79. The van der Waals surface area contributed by atoms with Crippen LogP contribution < -0.4 is 5.73 Å². The molecule has 0 spiro atoms. The number of nitrogens with zero attached hydrogens (tertiary/aromatic N) is 3. The normalized spacial score (nSPS) is 11.0. The zero-order valence-corrected chi connectivity index (χ0v) is 10.9. The minimum absolute atomic E-state index is 0.798. The Morgan fingerprint density at radius 2 is 2.06 bits per heavy atom. The predicted molar refractivity (Wildman–Crippen MR) is 72.0 cm³/mol. The van der Waals surface area contributed by atoms with Crippen LogP contribution in [0.5, 0.6) is 0 Å². The molecule has 0 saturated heterocycles. The number of hydrogen-bond acceptors (Lipinski definition) is 3. The highest BCUT2D eigenvalue weighted by Gasteiger charge is 2.04. The summed E-state index contributed by atoms with van der Waals surface area (Å²) in [5, 5.41) is 4.16. The van der Waals surface area contributed by atoms with Crippen molar-refractivity contribution in [3.8, 4) is 11.3 Å². The summed E-state index contributed by atoms with van der Waals surface area (Å²) in [5.74, 6) is 1.06. The standard InChI is InChI=1S/C13H21N5/c1-18-10-11(8-16-18)12-9-15-13(17-12)6-4-2-3-5-7-14/h8-10H,2-7,14H2,1H3,(H,15,17). The number of aromatic amines is 1. The number of nitrogens with two attached hydrogens (primary N) is 1. The topological polar surface area (TPSA) is 72.5 Å². The molecule has 98 valence electrons. The lowest BCUT2D eigenvalue weighted by atomic mass is 10.1. The molecular formula is C13H21N5. The Morgan fingerprint density at radius 3 is 2.78 bits per heavy atom. The number of rotatable bonds is 7. The third-order valence-electron chi connectivity index (χ3n) is 3.01. The van der Waals surface area contributed by atoms with E-state index in [0.717, 1.165) is 36.5 Å². The van der Waals surface area contributed by atoms with Crippen LogP contribution in [0, 0.1) is 0 Å². The molecule has 0 fully saturated rings. The van der Waals surface area contributed by atoms with Gasteiger partial charge in [0.1, 0.15) is 5.82 Å². The van der Waals surface area contributed by atoms with Gasteiger partial charge in [-0.1, -0.05) is 12.8 Å². The van der Waals surface area contributed by atoms with Crippen LogP contribution in [0.4, 0.5) is 0 Å². The molecule has 3 N–H and O–H groups in total. The van der Waals surface area contributed by atoms with Crippen molar-refractivity contribution in [2.45, 2.75) is 32.1 Å². The first-order valence-electron chi connectivity index (χ1n) is 6.52. The first-order valence-corrected chi connectivity index (χ1v) is 6.52. The molecule has 0 radical (unpaired) electrons. The van der Waals surface area contributed by atoms with Crippen LogP contribution in [0.1, 0.15) is 31.5 Å². The zero-order chi connectivity index (χ0) is 12.8. The molecule has 0 aliphatic rings. The van der Waals surface area contributed by atoms with Crippen LogP contribution in [0.2, 0.25) is 0 Å². The van der Waals surface area contributed by atoms with Crippen LogP contribution in [-0.4, -0.2) is 26.3 Å². The van der Waals surface area contributed by atoms with Crippen molar-refractivity contribution in [2.24, 2.45) is 12.8 Å². The summed E-state index contributed by atoms with van der Waals surface area (Å²) in [7, 11) is 1.91. The highest BCUT2D eigenvalue weighted by atomic mass is 15.2. The van der Waals surface area contributed by atoms with Gasteiger partial charge in [-0.15, -0.1) is 0 Å². The summed E-state index contributed by atoms with van der Waals surface area (Å²) in [6, 6.07) is 0. The van der Waals surface area contributed by atoms with E-state index < -0.39 is 0 Å². The minimum Gasteiger partial charge on any atom is -0.342 e. The van der Waals surface area contributed by atoms with E-state index in [1.54, 1.807) is 4.68 Å². The van der Waals surface area contributed by atoms with Crippen LogP contribution in [0.3, 0.4) is 0 Å². The summed E-state index contributed by atoms with van der Waals surface area (Å²) in [6.07, 6.45) is 11.4. The van der Waals surface area contributed by atoms with Crippen molar-refractivity contribution in [3.05, 3.63) is 24.4 Å². The minimum atomic E-state index is 0.798. The average Bonchev–Trinajstić information content (AvgIpc) is 2.97. The second-order valence-corrected chi connectivity index (χ2v) is 4.60. The fraction of sp³-hybridized carbons (Fsp3) is 0.538. The molecule has 0 saturated carbocycles. The quantitative estimate of drug-likeness (QED) is 0.734. The van der Waals surface area contributed by atoms with E-state index in [9.17, 15) is 0 Å². The lowest BCUT2D eigenvalue weighted by Crippen LogP contribution is -1.98. The fourth-order valence-electron chi connectivity index (χ4n) is 1.99. The van der Waals surface area contributed by atoms with Gasteiger partial charge in [0.05, 0.1) is 18.1 Å². The molecule has 2 aromatic rings. The molecule has 2 rings (SSSR count). The molecule has 0 aliphatic carbocycles. The van der Waals surface area contributed by atoms with Crippen LogP contribution in [0.15, 0.2) is 18.6 Å². The van der Waals surface area contributed by atoms with Gasteiger partial charge in [-0.05, 0) is 19.4 Å². The SMILES string of the molecule is Cn1cc(-c2cnc(CCCCCCN)[nH]2)cn1. The highest BCUT2D eigenvalue weighted by Crippen LogP contribution is 2.16.